The molecule has 0 aliphatic carbocycles. The van der Waals surface area contributed by atoms with Crippen LogP contribution in [0.4, 0.5) is 24.5 Å². The molecule has 1 aromatic heterocycles. The number of nitrogens with two attached hydrogens (primary N) is 1. The van der Waals surface area contributed by atoms with Gasteiger partial charge in [-0.05, 0) is 47.2 Å². The molecule has 0 aliphatic heterocycles. The number of halogens is 3. The molecular formula is C20H14F3N3O2S. The number of pyridine rings is 1. The van der Waals surface area contributed by atoms with E-state index in [9.17, 15) is 21.6 Å². The van der Waals surface area contributed by atoms with Crippen molar-refractivity contribution in [2.75, 3.05) is 10.5 Å². The minimum atomic E-state index is -4.50. The minimum absolute atomic E-state index is 0.155. The molecule has 148 valence electrons. The Labute approximate surface area is 164 Å². The van der Waals surface area contributed by atoms with Crippen LogP contribution in [-0.2, 0) is 16.2 Å². The third-order valence-corrected chi connectivity index (χ3v) is 5.88. The molecule has 0 amide bonds. The Morgan fingerprint density at radius 3 is 2.41 bits per heavy atom. The fraction of sp³-hybridized carbons (Fsp3) is 0.0500. The number of anilines is 2. The Hall–Kier alpha value is -3.33. The van der Waals surface area contributed by atoms with Crippen molar-refractivity contribution in [3.63, 3.8) is 0 Å². The van der Waals surface area contributed by atoms with Crippen molar-refractivity contribution in [1.29, 1.82) is 0 Å². The lowest BCUT2D eigenvalue weighted by Crippen LogP contribution is -2.15. The summed E-state index contributed by atoms with van der Waals surface area (Å²) in [6.45, 7) is 0. The SMILES string of the molecule is Nc1cc2cc(C(F)(F)F)ccc2cc1S(=O)(=O)Nc1cccc2cccnc12. The Morgan fingerprint density at radius 2 is 1.66 bits per heavy atom. The molecule has 3 N–H and O–H groups in total. The fourth-order valence-electron chi connectivity index (χ4n) is 3.09. The van der Waals surface area contributed by atoms with Gasteiger partial charge in [-0.2, -0.15) is 13.2 Å². The highest BCUT2D eigenvalue weighted by Crippen LogP contribution is 2.34. The average Bonchev–Trinajstić information content (AvgIpc) is 2.66. The third-order valence-electron chi connectivity index (χ3n) is 4.46. The number of aromatic nitrogens is 1. The van der Waals surface area contributed by atoms with Crippen LogP contribution in [0.15, 0.2) is 71.8 Å². The number of nitrogen functional groups attached to an aromatic ring is 1. The third kappa shape index (κ3) is 3.56. The number of rotatable bonds is 3. The highest BCUT2D eigenvalue weighted by atomic mass is 32.2. The molecule has 3 aromatic carbocycles. The van der Waals surface area contributed by atoms with Crippen LogP contribution >= 0.6 is 0 Å². The highest BCUT2D eigenvalue weighted by molar-refractivity contribution is 7.93. The van der Waals surface area contributed by atoms with Crippen molar-refractivity contribution in [2.24, 2.45) is 0 Å². The summed E-state index contributed by atoms with van der Waals surface area (Å²) in [5.74, 6) is 0. The Balaban J connectivity index is 1.79. The Kier molecular flexibility index (Phi) is 4.34. The van der Waals surface area contributed by atoms with Crippen molar-refractivity contribution < 1.29 is 21.6 Å². The van der Waals surface area contributed by atoms with Gasteiger partial charge in [-0.1, -0.05) is 24.3 Å². The molecule has 0 radical (unpaired) electrons. The van der Waals surface area contributed by atoms with Gasteiger partial charge in [-0.25, -0.2) is 8.42 Å². The minimum Gasteiger partial charge on any atom is -0.398 e. The maximum absolute atomic E-state index is 12.9. The maximum atomic E-state index is 12.9. The molecule has 5 nitrogen and oxygen atoms in total. The van der Waals surface area contributed by atoms with Gasteiger partial charge in [0, 0.05) is 11.6 Å². The van der Waals surface area contributed by atoms with Crippen LogP contribution in [0, 0.1) is 0 Å². The number of benzene rings is 3. The molecule has 4 aromatic rings. The fourth-order valence-corrected chi connectivity index (χ4v) is 4.31. The molecule has 29 heavy (non-hydrogen) atoms. The summed E-state index contributed by atoms with van der Waals surface area (Å²) in [5, 5.41) is 1.27. The first kappa shape index (κ1) is 19.0. The second kappa shape index (κ2) is 6.63. The van der Waals surface area contributed by atoms with E-state index in [1.165, 1.54) is 18.2 Å². The van der Waals surface area contributed by atoms with Crippen LogP contribution in [0.2, 0.25) is 0 Å². The predicted octanol–water partition coefficient (Wildman–Crippen LogP) is 4.79. The van der Waals surface area contributed by atoms with Crippen molar-refractivity contribution in [1.82, 2.24) is 4.98 Å². The zero-order chi connectivity index (χ0) is 20.8. The summed E-state index contributed by atoms with van der Waals surface area (Å²) in [7, 11) is -4.10. The number of hydrogen-bond donors (Lipinski definition) is 2. The molecule has 4 rings (SSSR count). The van der Waals surface area contributed by atoms with Gasteiger partial charge >= 0.3 is 6.18 Å². The van der Waals surface area contributed by atoms with E-state index < -0.39 is 21.8 Å². The number of fused-ring (bicyclic) bond motifs is 2. The van der Waals surface area contributed by atoms with Gasteiger partial charge in [-0.3, -0.25) is 9.71 Å². The summed E-state index contributed by atoms with van der Waals surface area (Å²) in [4.78, 5) is 3.97. The topological polar surface area (TPSA) is 85.1 Å². The van der Waals surface area contributed by atoms with Crippen LogP contribution < -0.4 is 10.5 Å². The van der Waals surface area contributed by atoms with E-state index in [0.717, 1.165) is 17.5 Å². The highest BCUT2D eigenvalue weighted by Gasteiger charge is 2.30. The maximum Gasteiger partial charge on any atom is 0.416 e. The number of nitrogens with zero attached hydrogens (tertiary/aromatic N) is 1. The van der Waals surface area contributed by atoms with E-state index in [-0.39, 0.29) is 21.7 Å². The van der Waals surface area contributed by atoms with Gasteiger partial charge < -0.3 is 5.73 Å². The van der Waals surface area contributed by atoms with Gasteiger partial charge in [0.1, 0.15) is 4.90 Å². The van der Waals surface area contributed by atoms with Gasteiger partial charge in [0.05, 0.1) is 22.5 Å². The summed E-state index contributed by atoms with van der Waals surface area (Å²) in [5.41, 5.74) is 5.63. The van der Waals surface area contributed by atoms with Crippen LogP contribution in [0.1, 0.15) is 5.56 Å². The van der Waals surface area contributed by atoms with E-state index in [0.29, 0.717) is 10.9 Å². The lowest BCUT2D eigenvalue weighted by molar-refractivity contribution is -0.137. The number of nitrogens with one attached hydrogen (secondary N) is 1. The molecule has 0 fully saturated rings. The van der Waals surface area contributed by atoms with E-state index >= 15 is 0 Å². The molecule has 0 spiro atoms. The first-order chi connectivity index (χ1) is 13.6. The van der Waals surface area contributed by atoms with Crippen molar-refractivity contribution in [2.45, 2.75) is 11.1 Å². The smallest absolute Gasteiger partial charge is 0.398 e. The number of hydrogen-bond acceptors (Lipinski definition) is 4. The molecule has 9 heteroatoms. The van der Waals surface area contributed by atoms with Gasteiger partial charge in [0.2, 0.25) is 0 Å². The molecule has 0 bridgehead atoms. The quantitative estimate of drug-likeness (QED) is 0.470. The van der Waals surface area contributed by atoms with Crippen LogP contribution in [0.5, 0.6) is 0 Å². The summed E-state index contributed by atoms with van der Waals surface area (Å²) < 4.78 is 67.1. The summed E-state index contributed by atoms with van der Waals surface area (Å²) in [6, 6.07) is 14.1. The van der Waals surface area contributed by atoms with Crippen LogP contribution in [0.3, 0.4) is 0 Å². The number of para-hydroxylation sites is 1. The zero-order valence-electron chi connectivity index (χ0n) is 14.7. The van der Waals surface area contributed by atoms with E-state index in [2.05, 4.69) is 9.71 Å². The predicted molar refractivity (Wildman–Crippen MR) is 106 cm³/mol. The second-order valence-corrected chi connectivity index (χ2v) is 8.09. The molecular weight excluding hydrogens is 403 g/mol. The first-order valence-electron chi connectivity index (χ1n) is 8.42. The Bertz CT molecular complexity index is 1350. The summed E-state index contributed by atoms with van der Waals surface area (Å²) >= 11 is 0. The Morgan fingerprint density at radius 1 is 0.897 bits per heavy atom. The van der Waals surface area contributed by atoms with Gasteiger partial charge in [0.15, 0.2) is 0 Å². The number of alkyl halides is 3. The zero-order valence-corrected chi connectivity index (χ0v) is 15.6. The molecule has 0 atom stereocenters. The lowest BCUT2D eigenvalue weighted by atomic mass is 10.1. The van der Waals surface area contributed by atoms with E-state index in [1.54, 1.807) is 36.5 Å². The largest absolute Gasteiger partial charge is 0.416 e. The second-order valence-electron chi connectivity index (χ2n) is 6.44. The normalized spacial score (nSPS) is 12.4. The molecule has 0 saturated heterocycles. The standard InChI is InChI=1S/C20H14F3N3O2S/c21-20(22,23)15-7-6-13-11-18(16(24)10-14(13)9-15)29(27,28)26-17-5-1-3-12-4-2-8-25-19(12)17/h1-11,26H,24H2. The summed E-state index contributed by atoms with van der Waals surface area (Å²) in [6.07, 6.45) is -2.96. The van der Waals surface area contributed by atoms with Crippen LogP contribution in [-0.4, -0.2) is 13.4 Å². The van der Waals surface area contributed by atoms with Crippen molar-refractivity contribution >= 4 is 43.1 Å². The van der Waals surface area contributed by atoms with Gasteiger partial charge in [0.25, 0.3) is 10.0 Å². The van der Waals surface area contributed by atoms with E-state index in [4.69, 9.17) is 5.73 Å². The first-order valence-corrected chi connectivity index (χ1v) is 9.90. The van der Waals surface area contributed by atoms with Crippen molar-refractivity contribution in [3.05, 3.63) is 72.4 Å². The van der Waals surface area contributed by atoms with Crippen molar-refractivity contribution in [3.8, 4) is 0 Å². The average molecular weight is 417 g/mol. The monoisotopic (exact) mass is 417 g/mol. The lowest BCUT2D eigenvalue weighted by Gasteiger charge is -2.14. The molecule has 0 aliphatic rings. The number of sulfonamides is 1. The molecule has 0 unspecified atom stereocenters. The molecule has 0 saturated carbocycles. The van der Waals surface area contributed by atoms with Gasteiger partial charge in [-0.15, -0.1) is 0 Å². The van der Waals surface area contributed by atoms with E-state index in [1.807, 2.05) is 0 Å². The molecule has 1 heterocycles. The van der Waals surface area contributed by atoms with Crippen LogP contribution in [0.25, 0.3) is 21.7 Å².